The predicted octanol–water partition coefficient (Wildman–Crippen LogP) is 4.03. The maximum Gasteiger partial charge on any atom is 0.322 e. The van der Waals surface area contributed by atoms with Crippen LogP contribution in [0.25, 0.3) is 11.1 Å². The monoisotopic (exact) mass is 366 g/mol. The average molecular weight is 366 g/mol. The van der Waals surface area contributed by atoms with Crippen molar-refractivity contribution in [3.63, 3.8) is 0 Å². The number of oxazole rings is 1. The van der Waals surface area contributed by atoms with E-state index in [1.807, 2.05) is 31.2 Å². The molecule has 2 amide bonds. The number of hydrogen-bond acceptors (Lipinski definition) is 5. The Hall–Kier alpha value is -3.09. The summed E-state index contributed by atoms with van der Waals surface area (Å²) in [4.78, 5) is 23.3. The third kappa shape index (κ3) is 3.72. The molecule has 7 heteroatoms. The first-order chi connectivity index (χ1) is 13.2. The van der Waals surface area contributed by atoms with Gasteiger partial charge in [-0.15, -0.1) is 0 Å². The maximum atomic E-state index is 12.8. The van der Waals surface area contributed by atoms with Crippen molar-refractivity contribution in [2.45, 2.75) is 25.7 Å². The topological polar surface area (TPSA) is 80.5 Å². The fourth-order valence-electron chi connectivity index (χ4n) is 3.36. The predicted molar refractivity (Wildman–Crippen MR) is 102 cm³/mol. The standard InChI is InChI=1S/C20H22N4O3/c1-2-26-19-16(9-5-11-21-19)23-20(25)24-12-6-7-14(13-24)18-22-15-8-3-4-10-17(15)27-18/h3-5,8-11,14H,2,6-7,12-13H2,1H3,(H,23,25). The van der Waals surface area contributed by atoms with E-state index in [1.165, 1.54) is 0 Å². The minimum absolute atomic E-state index is 0.0946. The van der Waals surface area contributed by atoms with E-state index in [9.17, 15) is 4.79 Å². The first-order valence-electron chi connectivity index (χ1n) is 9.24. The molecule has 1 N–H and O–H groups in total. The largest absolute Gasteiger partial charge is 0.476 e. The average Bonchev–Trinajstić information content (AvgIpc) is 3.14. The van der Waals surface area contributed by atoms with Gasteiger partial charge in [-0.25, -0.2) is 14.8 Å². The van der Waals surface area contributed by atoms with Crippen molar-refractivity contribution in [2.75, 3.05) is 25.0 Å². The zero-order valence-electron chi connectivity index (χ0n) is 15.2. The Balaban J connectivity index is 1.47. The molecule has 4 rings (SSSR count). The van der Waals surface area contributed by atoms with Gasteiger partial charge in [-0.2, -0.15) is 0 Å². The van der Waals surface area contributed by atoms with Crippen LogP contribution >= 0.6 is 0 Å². The number of amides is 2. The van der Waals surface area contributed by atoms with Gasteiger partial charge in [0.25, 0.3) is 0 Å². The molecule has 0 spiro atoms. The van der Waals surface area contributed by atoms with Crippen molar-refractivity contribution >= 4 is 22.8 Å². The number of nitrogens with one attached hydrogen (secondary N) is 1. The van der Waals surface area contributed by atoms with Crippen LogP contribution in [0.3, 0.4) is 0 Å². The van der Waals surface area contributed by atoms with Gasteiger partial charge in [0.2, 0.25) is 5.88 Å². The number of benzene rings is 1. The number of hydrogen-bond donors (Lipinski definition) is 1. The summed E-state index contributed by atoms with van der Waals surface area (Å²) in [6, 6.07) is 11.1. The highest BCUT2D eigenvalue weighted by Gasteiger charge is 2.28. The number of aromatic nitrogens is 2. The molecule has 0 radical (unpaired) electrons. The molecule has 1 aliphatic heterocycles. The number of fused-ring (bicyclic) bond motifs is 1. The number of ether oxygens (including phenoxy) is 1. The van der Waals surface area contributed by atoms with Gasteiger partial charge in [0.15, 0.2) is 11.5 Å². The van der Waals surface area contributed by atoms with Crippen LogP contribution in [0.15, 0.2) is 47.0 Å². The molecule has 140 valence electrons. The number of para-hydroxylation sites is 2. The van der Waals surface area contributed by atoms with E-state index in [-0.39, 0.29) is 11.9 Å². The molecule has 0 aliphatic carbocycles. The first-order valence-corrected chi connectivity index (χ1v) is 9.24. The molecule has 1 atom stereocenters. The minimum Gasteiger partial charge on any atom is -0.476 e. The van der Waals surface area contributed by atoms with Gasteiger partial charge in [0, 0.05) is 19.3 Å². The Morgan fingerprint density at radius 1 is 1.33 bits per heavy atom. The second-order valence-electron chi connectivity index (χ2n) is 6.52. The van der Waals surface area contributed by atoms with Crippen LogP contribution in [0, 0.1) is 0 Å². The van der Waals surface area contributed by atoms with Crippen molar-refractivity contribution in [1.29, 1.82) is 0 Å². The second-order valence-corrected chi connectivity index (χ2v) is 6.52. The van der Waals surface area contributed by atoms with Gasteiger partial charge in [-0.05, 0) is 44.0 Å². The quantitative estimate of drug-likeness (QED) is 0.754. The molecular formula is C20H22N4O3. The number of nitrogens with zero attached hydrogens (tertiary/aromatic N) is 3. The van der Waals surface area contributed by atoms with Crippen molar-refractivity contribution in [3.05, 3.63) is 48.5 Å². The van der Waals surface area contributed by atoms with Crippen LogP contribution in [0.4, 0.5) is 10.5 Å². The summed E-state index contributed by atoms with van der Waals surface area (Å²) < 4.78 is 11.4. The van der Waals surface area contributed by atoms with E-state index in [0.29, 0.717) is 37.2 Å². The summed E-state index contributed by atoms with van der Waals surface area (Å²) >= 11 is 0. The summed E-state index contributed by atoms with van der Waals surface area (Å²) in [5.74, 6) is 1.23. The molecule has 0 bridgehead atoms. The second kappa shape index (κ2) is 7.65. The number of pyridine rings is 1. The van der Waals surface area contributed by atoms with Crippen LogP contribution in [0.1, 0.15) is 31.6 Å². The molecule has 1 fully saturated rings. The lowest BCUT2D eigenvalue weighted by atomic mass is 9.98. The van der Waals surface area contributed by atoms with Gasteiger partial charge in [-0.3, -0.25) is 0 Å². The number of anilines is 1. The van der Waals surface area contributed by atoms with Crippen LogP contribution < -0.4 is 10.1 Å². The van der Waals surface area contributed by atoms with E-state index in [1.54, 1.807) is 23.2 Å². The van der Waals surface area contributed by atoms with E-state index in [4.69, 9.17) is 9.15 Å². The summed E-state index contributed by atoms with van der Waals surface area (Å²) in [7, 11) is 0. The Kier molecular flexibility index (Phi) is 4.91. The van der Waals surface area contributed by atoms with Crippen LogP contribution in [0.5, 0.6) is 5.88 Å². The summed E-state index contributed by atoms with van der Waals surface area (Å²) in [5, 5.41) is 2.91. The van der Waals surface area contributed by atoms with E-state index in [2.05, 4.69) is 15.3 Å². The van der Waals surface area contributed by atoms with E-state index in [0.717, 1.165) is 23.9 Å². The lowest BCUT2D eigenvalue weighted by Crippen LogP contribution is -2.41. The smallest absolute Gasteiger partial charge is 0.322 e. The molecule has 1 saturated heterocycles. The zero-order valence-corrected chi connectivity index (χ0v) is 15.2. The highest BCUT2D eigenvalue weighted by Crippen LogP contribution is 2.29. The van der Waals surface area contributed by atoms with Crippen molar-refractivity contribution in [3.8, 4) is 5.88 Å². The fraction of sp³-hybridized carbons (Fsp3) is 0.350. The molecule has 0 saturated carbocycles. The van der Waals surface area contributed by atoms with Crippen molar-refractivity contribution < 1.29 is 13.9 Å². The Labute approximate surface area is 157 Å². The SMILES string of the molecule is CCOc1ncccc1NC(=O)N1CCCC(c2nc3ccccc3o2)C1. The van der Waals surface area contributed by atoms with Gasteiger partial charge >= 0.3 is 6.03 Å². The minimum atomic E-state index is -0.162. The van der Waals surface area contributed by atoms with Crippen LogP contribution in [-0.4, -0.2) is 40.6 Å². The Morgan fingerprint density at radius 3 is 3.07 bits per heavy atom. The molecule has 27 heavy (non-hydrogen) atoms. The molecule has 7 nitrogen and oxygen atoms in total. The zero-order chi connectivity index (χ0) is 18.6. The third-order valence-corrected chi connectivity index (χ3v) is 4.66. The molecule has 1 aliphatic rings. The van der Waals surface area contributed by atoms with Gasteiger partial charge in [0.05, 0.1) is 12.5 Å². The molecule has 1 aromatic carbocycles. The highest BCUT2D eigenvalue weighted by molar-refractivity contribution is 5.90. The van der Waals surface area contributed by atoms with Gasteiger partial charge < -0.3 is 19.4 Å². The molecule has 3 aromatic rings. The Bertz CT molecular complexity index is 907. The Morgan fingerprint density at radius 2 is 2.22 bits per heavy atom. The van der Waals surface area contributed by atoms with Crippen LogP contribution in [0.2, 0.25) is 0 Å². The van der Waals surface area contributed by atoms with E-state index < -0.39 is 0 Å². The number of likely N-dealkylation sites (tertiary alicyclic amines) is 1. The lowest BCUT2D eigenvalue weighted by molar-refractivity contribution is 0.187. The lowest BCUT2D eigenvalue weighted by Gasteiger charge is -2.31. The van der Waals surface area contributed by atoms with Crippen molar-refractivity contribution in [2.24, 2.45) is 0 Å². The normalized spacial score (nSPS) is 17.1. The summed E-state index contributed by atoms with van der Waals surface area (Å²) in [6.45, 7) is 3.65. The van der Waals surface area contributed by atoms with Gasteiger partial charge in [0.1, 0.15) is 11.2 Å². The summed E-state index contributed by atoms with van der Waals surface area (Å²) in [5.41, 5.74) is 2.21. The fourth-order valence-corrected chi connectivity index (χ4v) is 3.36. The molecule has 3 heterocycles. The highest BCUT2D eigenvalue weighted by atomic mass is 16.5. The first kappa shape index (κ1) is 17.3. The molecular weight excluding hydrogens is 344 g/mol. The number of piperidine rings is 1. The van der Waals surface area contributed by atoms with Crippen molar-refractivity contribution in [1.82, 2.24) is 14.9 Å². The number of urea groups is 1. The van der Waals surface area contributed by atoms with E-state index >= 15 is 0 Å². The number of carbonyl (C=O) groups excluding carboxylic acids is 1. The number of carbonyl (C=O) groups is 1. The van der Waals surface area contributed by atoms with Crippen LogP contribution in [-0.2, 0) is 0 Å². The number of rotatable bonds is 4. The molecule has 2 aromatic heterocycles. The molecule has 1 unspecified atom stereocenters. The van der Waals surface area contributed by atoms with Gasteiger partial charge in [-0.1, -0.05) is 12.1 Å². The maximum absolute atomic E-state index is 12.8. The summed E-state index contributed by atoms with van der Waals surface area (Å²) in [6.07, 6.45) is 3.50. The third-order valence-electron chi connectivity index (χ3n) is 4.66.